The van der Waals surface area contributed by atoms with Gasteiger partial charge in [-0.3, -0.25) is 4.79 Å². The highest BCUT2D eigenvalue weighted by Gasteiger charge is 2.50. The van der Waals surface area contributed by atoms with Crippen LogP contribution in [0.1, 0.15) is 23.2 Å². The van der Waals surface area contributed by atoms with Crippen LogP contribution in [0.4, 0.5) is 30.7 Å². The molecule has 1 nitrogen and oxygen atoms in total. The van der Waals surface area contributed by atoms with Gasteiger partial charge in [0.1, 0.15) is 0 Å². The number of rotatable bonds is 7. The first-order valence-corrected chi connectivity index (χ1v) is 7.47. The summed E-state index contributed by atoms with van der Waals surface area (Å²) in [6.07, 6.45) is -15.3. The van der Waals surface area contributed by atoms with Crippen LogP contribution in [0.3, 0.4) is 0 Å². The second-order valence-corrected chi connectivity index (χ2v) is 5.80. The van der Waals surface area contributed by atoms with Gasteiger partial charge in [-0.25, -0.2) is 17.6 Å². The Bertz CT molecular complexity index is 504. The van der Waals surface area contributed by atoms with Crippen LogP contribution in [-0.4, -0.2) is 35.3 Å². The van der Waals surface area contributed by atoms with Gasteiger partial charge in [0.25, 0.3) is 5.92 Å². The molecule has 2 atom stereocenters. The third-order valence-electron chi connectivity index (χ3n) is 2.88. The van der Waals surface area contributed by atoms with Gasteiger partial charge in [-0.1, -0.05) is 42.1 Å². The lowest BCUT2D eigenvalue weighted by atomic mass is 10.1. The van der Waals surface area contributed by atoms with Gasteiger partial charge in [-0.05, 0) is 6.42 Å². The molecule has 0 aliphatic rings. The van der Waals surface area contributed by atoms with Crippen molar-refractivity contribution >= 4 is 16.9 Å². The van der Waals surface area contributed by atoms with E-state index in [0.717, 1.165) is 0 Å². The average molecular weight is 362 g/mol. The summed E-state index contributed by atoms with van der Waals surface area (Å²) in [5.74, 6) is -4.81. The third-order valence-corrected chi connectivity index (χ3v) is 3.82. The summed E-state index contributed by atoms with van der Waals surface area (Å²) < 4.78 is 88.2. The molecule has 0 saturated heterocycles. The van der Waals surface area contributed by atoms with E-state index in [1.165, 1.54) is 12.1 Å². The molecule has 1 rings (SSSR count). The Labute approximate surface area is 132 Å². The Balaban J connectivity index is 2.46. The number of alkyl halides is 7. The molecule has 23 heavy (non-hydrogen) atoms. The molecule has 0 spiro atoms. The summed E-state index contributed by atoms with van der Waals surface area (Å²) in [6, 6.07) is 7.78. The number of hydrogen-bond donors (Lipinski definition) is 0. The van der Waals surface area contributed by atoms with Crippen LogP contribution < -0.4 is 0 Å². The Morgan fingerprint density at radius 2 is 1.57 bits per heavy atom. The zero-order valence-electron chi connectivity index (χ0n) is 11.6. The molecule has 0 saturated carbocycles. The number of benzene rings is 1. The average Bonchev–Trinajstić information content (AvgIpc) is 2.46. The fourth-order valence-electron chi connectivity index (χ4n) is 1.61. The Kier molecular flexibility index (Phi) is 6.91. The molecule has 0 aromatic heterocycles. The number of carbonyl (C=O) groups is 1. The van der Waals surface area contributed by atoms with Crippen molar-refractivity contribution in [1.82, 2.24) is 0 Å². The summed E-state index contributed by atoms with van der Waals surface area (Å²) in [7, 11) is 0. The van der Waals surface area contributed by atoms with Gasteiger partial charge in [-0.2, -0.15) is 13.2 Å². The molecule has 0 heterocycles. The maximum absolute atomic E-state index is 13.4. The SMILES string of the molecule is O=C(SCCC(F)C(F)(F)CC(F)C(F)(F)F)c1ccccc1. The lowest BCUT2D eigenvalue weighted by molar-refractivity contribution is -0.206. The van der Waals surface area contributed by atoms with E-state index in [0.29, 0.717) is 17.3 Å². The molecule has 0 aliphatic carbocycles. The molecule has 0 radical (unpaired) electrons. The molecule has 9 heteroatoms. The van der Waals surface area contributed by atoms with E-state index in [2.05, 4.69) is 0 Å². The minimum atomic E-state index is -5.46. The van der Waals surface area contributed by atoms with Crippen LogP contribution in [0.15, 0.2) is 30.3 Å². The summed E-state index contributed by atoms with van der Waals surface area (Å²) in [5, 5.41) is -0.472. The largest absolute Gasteiger partial charge is 0.419 e. The van der Waals surface area contributed by atoms with E-state index in [4.69, 9.17) is 0 Å². The molecule has 0 N–H and O–H groups in total. The lowest BCUT2D eigenvalue weighted by Crippen LogP contribution is -2.38. The second kappa shape index (κ2) is 8.03. The molecular formula is C14H13F7OS. The van der Waals surface area contributed by atoms with Crippen molar-refractivity contribution in [1.29, 1.82) is 0 Å². The van der Waals surface area contributed by atoms with E-state index >= 15 is 0 Å². The van der Waals surface area contributed by atoms with Crippen LogP contribution in [-0.2, 0) is 0 Å². The second-order valence-electron chi connectivity index (χ2n) is 4.73. The molecule has 0 fully saturated rings. The zero-order chi connectivity index (χ0) is 17.7. The van der Waals surface area contributed by atoms with Crippen molar-refractivity contribution in [2.24, 2.45) is 0 Å². The Morgan fingerprint density at radius 3 is 2.09 bits per heavy atom. The molecular weight excluding hydrogens is 349 g/mol. The minimum absolute atomic E-state index is 0.292. The minimum Gasteiger partial charge on any atom is -0.282 e. The van der Waals surface area contributed by atoms with Crippen molar-refractivity contribution < 1.29 is 35.5 Å². The van der Waals surface area contributed by atoms with Gasteiger partial charge in [0.15, 0.2) is 6.17 Å². The monoisotopic (exact) mass is 362 g/mol. The Hall–Kier alpha value is -1.25. The molecule has 130 valence electrons. The van der Waals surface area contributed by atoms with Crippen LogP contribution in [0.5, 0.6) is 0 Å². The summed E-state index contributed by atoms with van der Waals surface area (Å²) >= 11 is 0.570. The van der Waals surface area contributed by atoms with Crippen LogP contribution in [0.2, 0.25) is 0 Å². The van der Waals surface area contributed by atoms with Gasteiger partial charge in [0, 0.05) is 11.3 Å². The fourth-order valence-corrected chi connectivity index (χ4v) is 2.42. The predicted octanol–water partition coefficient (Wildman–Crippen LogP) is 5.21. The number of halogens is 7. The number of hydrogen-bond acceptors (Lipinski definition) is 2. The summed E-state index contributed by atoms with van der Waals surface area (Å²) in [4.78, 5) is 11.6. The third kappa shape index (κ3) is 6.40. The molecule has 0 bridgehead atoms. The van der Waals surface area contributed by atoms with Crippen molar-refractivity contribution in [2.75, 3.05) is 5.75 Å². The molecule has 0 aliphatic heterocycles. The highest BCUT2D eigenvalue weighted by molar-refractivity contribution is 8.14. The number of thioether (sulfide) groups is 1. The van der Waals surface area contributed by atoms with Gasteiger partial charge < -0.3 is 0 Å². The number of carbonyl (C=O) groups excluding carboxylic acids is 1. The maximum Gasteiger partial charge on any atom is 0.419 e. The van der Waals surface area contributed by atoms with Crippen LogP contribution in [0.25, 0.3) is 0 Å². The molecule has 0 amide bonds. The van der Waals surface area contributed by atoms with E-state index in [-0.39, 0.29) is 5.75 Å². The standard InChI is InChI=1S/C14H13F7OS/c15-10(13(17,18)8-11(16)14(19,20)21)6-7-23-12(22)9-4-2-1-3-5-9/h1-5,10-11H,6-8H2. The normalized spacial score (nSPS) is 15.3. The zero-order valence-corrected chi connectivity index (χ0v) is 12.4. The summed E-state index contributed by atoms with van der Waals surface area (Å²) in [5.41, 5.74) is 0.292. The van der Waals surface area contributed by atoms with E-state index in [1.54, 1.807) is 18.2 Å². The van der Waals surface area contributed by atoms with Crippen molar-refractivity contribution in [3.8, 4) is 0 Å². The van der Waals surface area contributed by atoms with Crippen LogP contribution >= 0.6 is 11.8 Å². The quantitative estimate of drug-likeness (QED) is 0.619. The first kappa shape index (κ1) is 19.8. The first-order valence-electron chi connectivity index (χ1n) is 6.49. The van der Waals surface area contributed by atoms with E-state index in [9.17, 15) is 35.5 Å². The van der Waals surface area contributed by atoms with Gasteiger partial charge >= 0.3 is 6.18 Å². The maximum atomic E-state index is 13.4. The molecule has 2 unspecified atom stereocenters. The first-order chi connectivity index (χ1) is 10.5. The lowest BCUT2D eigenvalue weighted by Gasteiger charge is -2.23. The van der Waals surface area contributed by atoms with Gasteiger partial charge in [0.2, 0.25) is 11.3 Å². The van der Waals surface area contributed by atoms with Crippen molar-refractivity contribution in [2.45, 2.75) is 37.3 Å². The van der Waals surface area contributed by atoms with E-state index in [1.807, 2.05) is 0 Å². The van der Waals surface area contributed by atoms with Crippen molar-refractivity contribution in [3.63, 3.8) is 0 Å². The highest BCUT2D eigenvalue weighted by atomic mass is 32.2. The topological polar surface area (TPSA) is 17.1 Å². The fraction of sp³-hybridized carbons (Fsp3) is 0.500. The summed E-state index contributed by atoms with van der Waals surface area (Å²) in [6.45, 7) is 0. The van der Waals surface area contributed by atoms with Gasteiger partial charge in [0.05, 0.1) is 6.42 Å². The van der Waals surface area contributed by atoms with Crippen LogP contribution in [0, 0.1) is 0 Å². The smallest absolute Gasteiger partial charge is 0.282 e. The molecule has 1 aromatic carbocycles. The predicted molar refractivity (Wildman–Crippen MR) is 73.3 cm³/mol. The molecule has 1 aromatic rings. The Morgan fingerprint density at radius 1 is 1.00 bits per heavy atom. The highest BCUT2D eigenvalue weighted by Crippen LogP contribution is 2.36. The van der Waals surface area contributed by atoms with Crippen molar-refractivity contribution in [3.05, 3.63) is 35.9 Å². The van der Waals surface area contributed by atoms with Gasteiger partial charge in [-0.15, -0.1) is 0 Å². The van der Waals surface area contributed by atoms with E-state index < -0.39 is 42.4 Å².